The molecule has 0 aliphatic heterocycles. The molecule has 0 spiro atoms. The predicted molar refractivity (Wildman–Crippen MR) is 270 cm³/mol. The van der Waals surface area contributed by atoms with Crippen LogP contribution in [0.5, 0.6) is 0 Å². The number of thiophene rings is 1. The van der Waals surface area contributed by atoms with E-state index in [-0.39, 0.29) is 0 Å². The SMILES string of the molecule is c1ccc(-c2ccc(N(c3ccc(-c4ccc5sc6ccc(-c7ccccc7)cc6c5c4)cc3)c3ccc(-c4ccc5c6ccccc6n(-c6ccccc6)c5c4)cc3)cc2)cc1. The van der Waals surface area contributed by atoms with Crippen molar-refractivity contribution in [2.75, 3.05) is 4.90 Å². The van der Waals surface area contributed by atoms with E-state index in [1.807, 2.05) is 11.3 Å². The number of rotatable bonds is 8. The van der Waals surface area contributed by atoms with E-state index in [4.69, 9.17) is 0 Å². The Morgan fingerprint density at radius 2 is 0.651 bits per heavy atom. The first kappa shape index (κ1) is 36.8. The zero-order chi connectivity index (χ0) is 41.7. The molecule has 10 aromatic carbocycles. The van der Waals surface area contributed by atoms with Crippen LogP contribution >= 0.6 is 11.3 Å². The molecule has 0 fully saturated rings. The summed E-state index contributed by atoms with van der Waals surface area (Å²) in [5.74, 6) is 0. The van der Waals surface area contributed by atoms with Gasteiger partial charge in [-0.1, -0.05) is 158 Å². The topological polar surface area (TPSA) is 8.17 Å². The van der Waals surface area contributed by atoms with Gasteiger partial charge in [-0.25, -0.2) is 0 Å². The van der Waals surface area contributed by atoms with Gasteiger partial charge < -0.3 is 9.47 Å². The molecule has 0 saturated carbocycles. The van der Waals surface area contributed by atoms with Gasteiger partial charge in [-0.3, -0.25) is 0 Å². The number of hydrogen-bond acceptors (Lipinski definition) is 2. The van der Waals surface area contributed by atoms with Crippen molar-refractivity contribution in [1.82, 2.24) is 4.57 Å². The van der Waals surface area contributed by atoms with E-state index >= 15 is 0 Å². The van der Waals surface area contributed by atoms with E-state index < -0.39 is 0 Å². The first-order valence-electron chi connectivity index (χ1n) is 21.5. The van der Waals surface area contributed by atoms with Crippen molar-refractivity contribution in [2.45, 2.75) is 0 Å². The van der Waals surface area contributed by atoms with E-state index in [2.05, 4.69) is 252 Å². The average Bonchev–Trinajstić information content (AvgIpc) is 3.90. The van der Waals surface area contributed by atoms with Crippen LogP contribution < -0.4 is 4.90 Å². The molecule has 63 heavy (non-hydrogen) atoms. The second-order valence-corrected chi connectivity index (χ2v) is 17.2. The summed E-state index contributed by atoms with van der Waals surface area (Å²) in [4.78, 5) is 2.36. The van der Waals surface area contributed by atoms with Crippen LogP contribution in [0.25, 0.3) is 92.2 Å². The molecule has 0 amide bonds. The lowest BCUT2D eigenvalue weighted by Crippen LogP contribution is -2.09. The highest BCUT2D eigenvalue weighted by Gasteiger charge is 2.17. The third kappa shape index (κ3) is 6.67. The minimum atomic E-state index is 1.10. The lowest BCUT2D eigenvalue weighted by molar-refractivity contribution is 1.18. The van der Waals surface area contributed by atoms with Gasteiger partial charge in [0.05, 0.1) is 11.0 Å². The Hall–Kier alpha value is -7.98. The van der Waals surface area contributed by atoms with Crippen LogP contribution in [-0.2, 0) is 0 Å². The molecule has 2 aromatic heterocycles. The summed E-state index contributed by atoms with van der Waals surface area (Å²) in [7, 11) is 0. The minimum Gasteiger partial charge on any atom is -0.311 e. The lowest BCUT2D eigenvalue weighted by Gasteiger charge is -2.26. The molecule has 2 nitrogen and oxygen atoms in total. The standard InChI is InChI=1S/C60H40N2S/c1-4-12-41(13-5-1)43-20-29-50(30-21-43)61(51-31-22-44(23-32-51)47-28-37-60-56(39-47)55-38-46(27-36-59(55)63-60)42-14-6-2-7-15-42)52-33-24-45(25-34-52)48-26-35-54-53-18-10-11-19-57(53)62(58(54)40-48)49-16-8-3-9-17-49/h1-40H. The van der Waals surface area contributed by atoms with Crippen molar-refractivity contribution in [3.63, 3.8) is 0 Å². The fourth-order valence-electron chi connectivity index (χ4n) is 9.26. The lowest BCUT2D eigenvalue weighted by atomic mass is 10.00. The van der Waals surface area contributed by atoms with Gasteiger partial charge in [0, 0.05) is 53.7 Å². The Bertz CT molecular complexity index is 3570. The van der Waals surface area contributed by atoms with E-state index in [9.17, 15) is 0 Å². The Kier molecular flexibility index (Phi) is 9.06. The maximum absolute atomic E-state index is 2.38. The zero-order valence-electron chi connectivity index (χ0n) is 34.4. The highest BCUT2D eigenvalue weighted by molar-refractivity contribution is 7.25. The summed E-state index contributed by atoms with van der Waals surface area (Å²) in [5, 5.41) is 5.12. The van der Waals surface area contributed by atoms with Crippen LogP contribution in [0.2, 0.25) is 0 Å². The van der Waals surface area contributed by atoms with Crippen molar-refractivity contribution in [2.24, 2.45) is 0 Å². The molecule has 2 heterocycles. The Morgan fingerprint density at radius 3 is 1.19 bits per heavy atom. The molecule has 0 unspecified atom stereocenters. The Labute approximate surface area is 370 Å². The van der Waals surface area contributed by atoms with Gasteiger partial charge >= 0.3 is 0 Å². The molecule has 12 aromatic rings. The van der Waals surface area contributed by atoms with Gasteiger partial charge in [0.15, 0.2) is 0 Å². The zero-order valence-corrected chi connectivity index (χ0v) is 35.2. The molecule has 0 aliphatic rings. The van der Waals surface area contributed by atoms with Gasteiger partial charge in [0.2, 0.25) is 0 Å². The van der Waals surface area contributed by atoms with Crippen LogP contribution in [0, 0.1) is 0 Å². The minimum absolute atomic E-state index is 1.10. The maximum atomic E-state index is 2.38. The van der Waals surface area contributed by atoms with E-state index in [0.29, 0.717) is 0 Å². The molecular weight excluding hydrogens is 781 g/mol. The van der Waals surface area contributed by atoms with E-state index in [0.717, 1.165) is 22.7 Å². The van der Waals surface area contributed by atoms with E-state index in [1.165, 1.54) is 86.5 Å². The number of hydrogen-bond donors (Lipinski definition) is 0. The monoisotopic (exact) mass is 820 g/mol. The number of aromatic nitrogens is 1. The molecule has 296 valence electrons. The van der Waals surface area contributed by atoms with Crippen molar-refractivity contribution in [3.05, 3.63) is 243 Å². The number of fused-ring (bicyclic) bond motifs is 6. The van der Waals surface area contributed by atoms with Crippen LogP contribution in [0.4, 0.5) is 17.1 Å². The highest BCUT2D eigenvalue weighted by atomic mass is 32.1. The normalized spacial score (nSPS) is 11.5. The molecule has 0 aliphatic carbocycles. The number of para-hydroxylation sites is 2. The van der Waals surface area contributed by atoms with Crippen molar-refractivity contribution in [1.29, 1.82) is 0 Å². The smallest absolute Gasteiger partial charge is 0.0547 e. The van der Waals surface area contributed by atoms with Crippen molar-refractivity contribution >= 4 is 70.4 Å². The van der Waals surface area contributed by atoms with Gasteiger partial charge in [0.25, 0.3) is 0 Å². The van der Waals surface area contributed by atoms with Crippen LogP contribution in [0.15, 0.2) is 243 Å². The third-order valence-corrected chi connectivity index (χ3v) is 13.6. The van der Waals surface area contributed by atoms with Crippen LogP contribution in [0.1, 0.15) is 0 Å². The fraction of sp³-hybridized carbons (Fsp3) is 0. The molecule has 0 radical (unpaired) electrons. The molecular formula is C60H40N2S. The van der Waals surface area contributed by atoms with Crippen LogP contribution in [-0.4, -0.2) is 4.57 Å². The van der Waals surface area contributed by atoms with Gasteiger partial charge in [-0.15, -0.1) is 11.3 Å². The summed E-state index contributed by atoms with van der Waals surface area (Å²) in [6.07, 6.45) is 0. The largest absolute Gasteiger partial charge is 0.311 e. The second-order valence-electron chi connectivity index (χ2n) is 16.2. The Morgan fingerprint density at radius 1 is 0.270 bits per heavy atom. The third-order valence-electron chi connectivity index (χ3n) is 12.4. The fourth-order valence-corrected chi connectivity index (χ4v) is 10.3. The molecule has 0 saturated heterocycles. The quantitative estimate of drug-likeness (QED) is 0.148. The highest BCUT2D eigenvalue weighted by Crippen LogP contribution is 2.41. The summed E-state index contributed by atoms with van der Waals surface area (Å²) in [6.45, 7) is 0. The Balaban J connectivity index is 0.913. The van der Waals surface area contributed by atoms with E-state index in [1.54, 1.807) is 0 Å². The molecule has 0 bridgehead atoms. The summed E-state index contributed by atoms with van der Waals surface area (Å²) < 4.78 is 5.01. The first-order valence-corrected chi connectivity index (χ1v) is 22.3. The number of nitrogens with zero attached hydrogens (tertiary/aromatic N) is 2. The average molecular weight is 821 g/mol. The molecule has 0 N–H and O–H groups in total. The molecule has 12 rings (SSSR count). The summed E-state index contributed by atoms with van der Waals surface area (Å²) >= 11 is 1.86. The number of benzene rings is 10. The first-order chi connectivity index (χ1) is 31.2. The van der Waals surface area contributed by atoms with Crippen molar-refractivity contribution in [3.8, 4) is 50.2 Å². The number of anilines is 3. The molecule has 3 heteroatoms. The summed E-state index contributed by atoms with van der Waals surface area (Å²) in [6, 6.07) is 88.3. The summed E-state index contributed by atoms with van der Waals surface area (Å²) in [5.41, 5.74) is 16.5. The molecule has 0 atom stereocenters. The second kappa shape index (κ2) is 15.5. The van der Waals surface area contributed by atoms with Gasteiger partial charge in [0.1, 0.15) is 0 Å². The van der Waals surface area contributed by atoms with Gasteiger partial charge in [-0.05, 0) is 129 Å². The van der Waals surface area contributed by atoms with Crippen molar-refractivity contribution < 1.29 is 0 Å². The predicted octanol–water partition coefficient (Wildman–Crippen LogP) is 17.3. The maximum Gasteiger partial charge on any atom is 0.0547 e. The van der Waals surface area contributed by atoms with Crippen LogP contribution in [0.3, 0.4) is 0 Å². The van der Waals surface area contributed by atoms with Gasteiger partial charge in [-0.2, -0.15) is 0 Å².